The number of amides is 2. The number of nitrogens with zero attached hydrogens (tertiary/aromatic N) is 4. The van der Waals surface area contributed by atoms with Crippen molar-refractivity contribution in [2.45, 2.75) is 12.8 Å². The lowest BCUT2D eigenvalue weighted by molar-refractivity contribution is -0.121. The maximum absolute atomic E-state index is 14.4. The van der Waals surface area contributed by atoms with Gasteiger partial charge in [0, 0.05) is 36.3 Å². The minimum atomic E-state index is -0.521. The van der Waals surface area contributed by atoms with Crippen LogP contribution in [0.3, 0.4) is 0 Å². The molecule has 1 aromatic heterocycles. The summed E-state index contributed by atoms with van der Waals surface area (Å²) in [6, 6.07) is 9.44. The summed E-state index contributed by atoms with van der Waals surface area (Å²) < 4.78 is 26.2. The maximum Gasteiger partial charge on any atom is 0.254 e. The summed E-state index contributed by atoms with van der Waals surface area (Å²) >= 11 is 0. The summed E-state index contributed by atoms with van der Waals surface area (Å²) in [7, 11) is 3.06. The first kappa shape index (κ1) is 22.3. The number of anilines is 1. The molecular weight excluding hydrogens is 429 g/mol. The Morgan fingerprint density at radius 2 is 1.76 bits per heavy atom. The van der Waals surface area contributed by atoms with E-state index in [4.69, 9.17) is 9.47 Å². The van der Waals surface area contributed by atoms with Gasteiger partial charge in [-0.05, 0) is 43.2 Å². The van der Waals surface area contributed by atoms with Gasteiger partial charge in [-0.15, -0.1) is 0 Å². The molecule has 0 spiro atoms. The number of likely N-dealkylation sites (tertiary alicyclic amines) is 1. The van der Waals surface area contributed by atoms with Crippen molar-refractivity contribution in [3.05, 3.63) is 60.4 Å². The number of hydrogen-bond donors (Lipinski definition) is 1. The van der Waals surface area contributed by atoms with E-state index in [-0.39, 0.29) is 23.4 Å². The zero-order valence-corrected chi connectivity index (χ0v) is 18.3. The fraction of sp³-hybridized carbons (Fsp3) is 0.304. The third-order valence-electron chi connectivity index (χ3n) is 5.63. The van der Waals surface area contributed by atoms with Gasteiger partial charge in [-0.2, -0.15) is 5.10 Å². The number of nitrogens with one attached hydrogen (secondary N) is 1. The predicted molar refractivity (Wildman–Crippen MR) is 118 cm³/mol. The number of hydrogen-bond acceptors (Lipinski definition) is 6. The number of ether oxygens (including phenoxy) is 2. The van der Waals surface area contributed by atoms with Crippen LogP contribution in [0.25, 0.3) is 5.69 Å². The molecule has 1 saturated heterocycles. The Kier molecular flexibility index (Phi) is 6.53. The molecule has 0 saturated carbocycles. The van der Waals surface area contributed by atoms with Gasteiger partial charge in [0.1, 0.15) is 29.8 Å². The zero-order valence-electron chi connectivity index (χ0n) is 18.3. The highest BCUT2D eigenvalue weighted by atomic mass is 19.1. The van der Waals surface area contributed by atoms with Crippen molar-refractivity contribution in [1.29, 1.82) is 0 Å². The molecule has 2 aromatic carbocycles. The van der Waals surface area contributed by atoms with E-state index in [1.807, 2.05) is 0 Å². The Bertz CT molecular complexity index is 1120. The van der Waals surface area contributed by atoms with Crippen molar-refractivity contribution in [3.8, 4) is 17.2 Å². The maximum atomic E-state index is 14.4. The van der Waals surface area contributed by atoms with E-state index in [0.717, 1.165) is 0 Å². The molecule has 3 aromatic rings. The average Bonchev–Trinajstić information content (AvgIpc) is 3.38. The second-order valence-corrected chi connectivity index (χ2v) is 7.66. The normalized spacial score (nSPS) is 14.1. The van der Waals surface area contributed by atoms with Crippen molar-refractivity contribution in [2.75, 3.05) is 32.6 Å². The van der Waals surface area contributed by atoms with Gasteiger partial charge in [0.2, 0.25) is 5.91 Å². The van der Waals surface area contributed by atoms with Crippen LogP contribution in [0.2, 0.25) is 0 Å². The summed E-state index contributed by atoms with van der Waals surface area (Å²) in [5.74, 6) is -0.0580. The molecule has 0 atom stereocenters. The van der Waals surface area contributed by atoms with Crippen LogP contribution >= 0.6 is 0 Å². The Morgan fingerprint density at radius 3 is 2.33 bits per heavy atom. The van der Waals surface area contributed by atoms with Gasteiger partial charge in [0.05, 0.1) is 14.2 Å². The predicted octanol–water partition coefficient (Wildman–Crippen LogP) is 2.91. The average molecular weight is 453 g/mol. The Balaban J connectivity index is 1.35. The minimum absolute atomic E-state index is 0.142. The highest BCUT2D eigenvalue weighted by Gasteiger charge is 2.28. The summed E-state index contributed by atoms with van der Waals surface area (Å²) in [5, 5.41) is 6.68. The van der Waals surface area contributed by atoms with Crippen LogP contribution in [-0.4, -0.2) is 58.8 Å². The molecule has 2 amide bonds. The Morgan fingerprint density at radius 1 is 1.06 bits per heavy atom. The van der Waals surface area contributed by atoms with E-state index < -0.39 is 5.82 Å². The van der Waals surface area contributed by atoms with Crippen molar-refractivity contribution in [1.82, 2.24) is 19.7 Å². The van der Waals surface area contributed by atoms with Crippen LogP contribution in [0.15, 0.2) is 49.1 Å². The molecule has 1 fully saturated rings. The number of aromatic nitrogens is 3. The number of carbonyl (C=O) groups excluding carboxylic acids is 2. The highest BCUT2D eigenvalue weighted by Crippen LogP contribution is 2.26. The fourth-order valence-corrected chi connectivity index (χ4v) is 3.81. The number of rotatable bonds is 6. The van der Waals surface area contributed by atoms with E-state index in [1.54, 1.807) is 29.2 Å². The number of benzene rings is 2. The molecule has 1 N–H and O–H groups in total. The van der Waals surface area contributed by atoms with Crippen molar-refractivity contribution >= 4 is 17.5 Å². The smallest absolute Gasteiger partial charge is 0.254 e. The van der Waals surface area contributed by atoms with Gasteiger partial charge >= 0.3 is 0 Å². The quantitative estimate of drug-likeness (QED) is 0.616. The molecule has 9 nitrogen and oxygen atoms in total. The standard InChI is InChI=1S/C23H24FN5O4/c1-32-18-9-16(10-19(12-18)33-2)23(31)28-7-5-15(6-8-28)22(30)27-17-3-4-21(20(24)11-17)29-14-25-13-26-29/h3-4,9-15H,5-8H2,1-2H3,(H,27,30). The van der Waals surface area contributed by atoms with Gasteiger partial charge in [0.25, 0.3) is 5.91 Å². The van der Waals surface area contributed by atoms with Crippen LogP contribution in [0.5, 0.6) is 11.5 Å². The molecule has 0 radical (unpaired) electrons. The summed E-state index contributed by atoms with van der Waals surface area (Å²) in [4.78, 5) is 31.2. The first-order valence-electron chi connectivity index (χ1n) is 10.5. The third kappa shape index (κ3) is 4.94. The first-order chi connectivity index (χ1) is 16.0. The lowest BCUT2D eigenvalue weighted by Gasteiger charge is -2.31. The second kappa shape index (κ2) is 9.68. The molecule has 10 heteroatoms. The van der Waals surface area contributed by atoms with Crippen LogP contribution in [-0.2, 0) is 4.79 Å². The summed E-state index contributed by atoms with van der Waals surface area (Å²) in [5.41, 5.74) is 1.08. The van der Waals surface area contributed by atoms with E-state index >= 15 is 0 Å². The Labute approximate surface area is 190 Å². The lowest BCUT2D eigenvalue weighted by atomic mass is 9.95. The topological polar surface area (TPSA) is 98.6 Å². The summed E-state index contributed by atoms with van der Waals surface area (Å²) in [6.45, 7) is 0.881. The zero-order chi connectivity index (χ0) is 23.4. The molecule has 1 aliphatic rings. The van der Waals surface area contributed by atoms with Gasteiger partial charge in [-0.25, -0.2) is 14.1 Å². The van der Waals surface area contributed by atoms with Gasteiger partial charge < -0.3 is 19.7 Å². The highest BCUT2D eigenvalue weighted by molar-refractivity contribution is 5.96. The molecule has 0 bridgehead atoms. The molecule has 0 aliphatic carbocycles. The van der Waals surface area contributed by atoms with Crippen LogP contribution in [0.4, 0.5) is 10.1 Å². The lowest BCUT2D eigenvalue weighted by Crippen LogP contribution is -2.41. The molecule has 0 unspecified atom stereocenters. The van der Waals surface area contributed by atoms with Crippen LogP contribution in [0.1, 0.15) is 23.2 Å². The monoisotopic (exact) mass is 453 g/mol. The summed E-state index contributed by atoms with van der Waals surface area (Å²) in [6.07, 6.45) is 3.74. The molecule has 1 aliphatic heterocycles. The van der Waals surface area contributed by atoms with Gasteiger partial charge in [-0.3, -0.25) is 9.59 Å². The SMILES string of the molecule is COc1cc(OC)cc(C(=O)N2CCC(C(=O)Nc3ccc(-n4cncn4)c(F)c3)CC2)c1. The number of carbonyl (C=O) groups is 2. The van der Waals surface area contributed by atoms with Crippen molar-refractivity contribution in [3.63, 3.8) is 0 Å². The van der Waals surface area contributed by atoms with Gasteiger partial charge in [0.15, 0.2) is 5.82 Å². The van der Waals surface area contributed by atoms with E-state index in [9.17, 15) is 14.0 Å². The van der Waals surface area contributed by atoms with E-state index in [2.05, 4.69) is 15.4 Å². The number of piperidine rings is 1. The molecule has 33 heavy (non-hydrogen) atoms. The molecule has 172 valence electrons. The fourth-order valence-electron chi connectivity index (χ4n) is 3.81. The molecule has 4 rings (SSSR count). The van der Waals surface area contributed by atoms with E-state index in [1.165, 1.54) is 43.7 Å². The van der Waals surface area contributed by atoms with Crippen LogP contribution < -0.4 is 14.8 Å². The molecular formula is C23H24FN5O4. The number of methoxy groups -OCH3 is 2. The number of halogens is 1. The van der Waals surface area contributed by atoms with Crippen molar-refractivity contribution < 1.29 is 23.5 Å². The van der Waals surface area contributed by atoms with E-state index in [0.29, 0.717) is 48.7 Å². The van der Waals surface area contributed by atoms with Crippen molar-refractivity contribution in [2.24, 2.45) is 5.92 Å². The minimum Gasteiger partial charge on any atom is -0.497 e. The molecule has 2 heterocycles. The largest absolute Gasteiger partial charge is 0.497 e. The first-order valence-corrected chi connectivity index (χ1v) is 10.5. The van der Waals surface area contributed by atoms with Gasteiger partial charge in [-0.1, -0.05) is 0 Å². The Hall–Kier alpha value is -3.95. The van der Waals surface area contributed by atoms with Crippen LogP contribution in [0, 0.1) is 11.7 Å². The third-order valence-corrected chi connectivity index (χ3v) is 5.63. The second-order valence-electron chi connectivity index (χ2n) is 7.66.